The molecule has 6 nitrogen and oxygen atoms in total. The zero-order valence-corrected chi connectivity index (χ0v) is 14.1. The zero-order chi connectivity index (χ0) is 17.1. The van der Waals surface area contributed by atoms with Crippen molar-refractivity contribution < 1.29 is 23.4 Å². The van der Waals surface area contributed by atoms with Gasteiger partial charge >= 0.3 is 0 Å². The Kier molecular flexibility index (Phi) is 4.76. The summed E-state index contributed by atoms with van der Waals surface area (Å²) in [6, 6.07) is 7.38. The molecule has 0 atom stereocenters. The summed E-state index contributed by atoms with van der Waals surface area (Å²) in [5.41, 5.74) is 2.24. The second-order valence-corrected chi connectivity index (χ2v) is 5.65. The van der Waals surface area contributed by atoms with Crippen LogP contribution in [0.4, 0.5) is 0 Å². The van der Waals surface area contributed by atoms with E-state index in [-0.39, 0.29) is 5.91 Å². The van der Waals surface area contributed by atoms with Crippen LogP contribution in [-0.2, 0) is 24.3 Å². The summed E-state index contributed by atoms with van der Waals surface area (Å²) in [6.07, 6.45) is 0.771. The van der Waals surface area contributed by atoms with Crippen molar-refractivity contribution >= 4 is 5.91 Å². The molecule has 2 aromatic rings. The molecule has 0 fully saturated rings. The zero-order valence-electron chi connectivity index (χ0n) is 14.1. The Balaban J connectivity index is 1.79. The Hall–Kier alpha value is -2.47. The van der Waals surface area contributed by atoms with Crippen molar-refractivity contribution in [1.82, 2.24) is 4.90 Å². The third-order valence-electron chi connectivity index (χ3n) is 4.16. The highest BCUT2D eigenvalue weighted by Crippen LogP contribution is 2.33. The van der Waals surface area contributed by atoms with Gasteiger partial charge in [0.2, 0.25) is 0 Å². The van der Waals surface area contributed by atoms with Crippen LogP contribution in [0.5, 0.6) is 11.5 Å². The molecule has 0 radical (unpaired) electrons. The number of methoxy groups -OCH3 is 3. The summed E-state index contributed by atoms with van der Waals surface area (Å²) in [4.78, 5) is 14.4. The lowest BCUT2D eigenvalue weighted by Gasteiger charge is -2.29. The van der Waals surface area contributed by atoms with Crippen molar-refractivity contribution in [3.05, 3.63) is 46.9 Å². The van der Waals surface area contributed by atoms with Gasteiger partial charge in [0.25, 0.3) is 5.91 Å². The number of carbonyl (C=O) groups excluding carboxylic acids is 1. The fourth-order valence-corrected chi connectivity index (χ4v) is 2.93. The highest BCUT2D eigenvalue weighted by molar-refractivity contribution is 5.91. The van der Waals surface area contributed by atoms with Crippen LogP contribution in [0.3, 0.4) is 0 Å². The van der Waals surface area contributed by atoms with Crippen molar-refractivity contribution in [3.8, 4) is 11.5 Å². The molecule has 1 aliphatic heterocycles. The number of rotatable bonds is 5. The monoisotopic (exact) mass is 331 g/mol. The van der Waals surface area contributed by atoms with Crippen LogP contribution in [-0.4, -0.2) is 38.7 Å². The first-order chi connectivity index (χ1) is 11.7. The number of hydrogen-bond donors (Lipinski definition) is 0. The fourth-order valence-electron chi connectivity index (χ4n) is 2.93. The molecular formula is C18H21NO5. The molecule has 0 N–H and O–H groups in total. The van der Waals surface area contributed by atoms with Crippen LogP contribution in [0.15, 0.2) is 28.7 Å². The van der Waals surface area contributed by atoms with Crippen LogP contribution in [0, 0.1) is 0 Å². The van der Waals surface area contributed by atoms with E-state index in [1.54, 1.807) is 38.4 Å². The molecule has 0 unspecified atom stereocenters. The number of fused-ring (bicyclic) bond motifs is 1. The predicted octanol–water partition coefficient (Wildman–Crippen LogP) is 2.64. The van der Waals surface area contributed by atoms with Crippen molar-refractivity contribution in [1.29, 1.82) is 0 Å². The Labute approximate surface area is 140 Å². The minimum Gasteiger partial charge on any atom is -0.493 e. The molecule has 0 spiro atoms. The summed E-state index contributed by atoms with van der Waals surface area (Å²) >= 11 is 0. The number of nitrogens with zero attached hydrogens (tertiary/aromatic N) is 1. The van der Waals surface area contributed by atoms with Crippen LogP contribution < -0.4 is 9.47 Å². The summed E-state index contributed by atoms with van der Waals surface area (Å²) < 4.78 is 21.3. The maximum atomic E-state index is 12.6. The molecule has 0 bridgehead atoms. The normalized spacial score (nSPS) is 13.5. The number of amides is 1. The third kappa shape index (κ3) is 3.10. The first kappa shape index (κ1) is 16.4. The molecule has 128 valence electrons. The maximum absolute atomic E-state index is 12.6. The smallest absolute Gasteiger partial charge is 0.289 e. The molecule has 1 aromatic heterocycles. The van der Waals surface area contributed by atoms with Gasteiger partial charge in [0, 0.05) is 20.2 Å². The topological polar surface area (TPSA) is 61.1 Å². The number of carbonyl (C=O) groups is 1. The lowest BCUT2D eigenvalue weighted by Crippen LogP contribution is -2.35. The van der Waals surface area contributed by atoms with Gasteiger partial charge in [0.05, 0.1) is 14.2 Å². The van der Waals surface area contributed by atoms with Gasteiger partial charge in [-0.3, -0.25) is 4.79 Å². The summed E-state index contributed by atoms with van der Waals surface area (Å²) in [5.74, 6) is 2.26. The standard InChI is InChI=1S/C18H21NO5/c1-21-11-14-4-5-15(24-14)18(20)19-7-6-12-8-16(22-2)17(23-3)9-13(12)10-19/h4-5,8-9H,6-7,10-11H2,1-3H3. The molecule has 3 rings (SSSR count). The van der Waals surface area contributed by atoms with E-state index in [0.717, 1.165) is 12.0 Å². The molecule has 1 amide bonds. The number of furan rings is 1. The summed E-state index contributed by atoms with van der Waals surface area (Å²) in [6.45, 7) is 1.52. The minimum absolute atomic E-state index is 0.113. The molecule has 24 heavy (non-hydrogen) atoms. The second kappa shape index (κ2) is 6.97. The van der Waals surface area contributed by atoms with E-state index < -0.39 is 0 Å². The maximum Gasteiger partial charge on any atom is 0.289 e. The van der Waals surface area contributed by atoms with Crippen molar-refractivity contribution in [2.24, 2.45) is 0 Å². The van der Waals surface area contributed by atoms with Crippen LogP contribution in [0.25, 0.3) is 0 Å². The first-order valence-electron chi connectivity index (χ1n) is 7.77. The van der Waals surface area contributed by atoms with E-state index >= 15 is 0 Å². The van der Waals surface area contributed by atoms with Gasteiger partial charge in [-0.1, -0.05) is 0 Å². The quantitative estimate of drug-likeness (QED) is 0.843. The molecule has 0 aliphatic carbocycles. The van der Waals surface area contributed by atoms with Gasteiger partial charge in [-0.15, -0.1) is 0 Å². The van der Waals surface area contributed by atoms with Crippen molar-refractivity contribution in [3.63, 3.8) is 0 Å². The molecular weight excluding hydrogens is 310 g/mol. The van der Waals surface area contributed by atoms with E-state index in [1.807, 2.05) is 12.1 Å². The largest absolute Gasteiger partial charge is 0.493 e. The van der Waals surface area contributed by atoms with Gasteiger partial charge in [-0.2, -0.15) is 0 Å². The van der Waals surface area contributed by atoms with Crippen LogP contribution >= 0.6 is 0 Å². The van der Waals surface area contributed by atoms with Crippen LogP contribution in [0.2, 0.25) is 0 Å². The lowest BCUT2D eigenvalue weighted by molar-refractivity contribution is 0.0694. The Morgan fingerprint density at radius 2 is 1.83 bits per heavy atom. The molecule has 1 aromatic carbocycles. The number of ether oxygens (including phenoxy) is 3. The first-order valence-corrected chi connectivity index (χ1v) is 7.77. The van der Waals surface area contributed by atoms with E-state index in [0.29, 0.717) is 42.7 Å². The molecule has 0 saturated heterocycles. The van der Waals surface area contributed by atoms with Gasteiger partial charge in [0.1, 0.15) is 12.4 Å². The summed E-state index contributed by atoms with van der Waals surface area (Å²) in [5, 5.41) is 0. The summed E-state index contributed by atoms with van der Waals surface area (Å²) in [7, 11) is 4.82. The molecule has 6 heteroatoms. The second-order valence-electron chi connectivity index (χ2n) is 5.65. The number of benzene rings is 1. The Morgan fingerprint density at radius 3 is 2.50 bits per heavy atom. The van der Waals surface area contributed by atoms with E-state index in [9.17, 15) is 4.79 Å². The van der Waals surface area contributed by atoms with Crippen molar-refractivity contribution in [2.75, 3.05) is 27.9 Å². The average molecular weight is 331 g/mol. The minimum atomic E-state index is -0.113. The fraction of sp³-hybridized carbons (Fsp3) is 0.389. The van der Waals surface area contributed by atoms with Gasteiger partial charge in [-0.05, 0) is 41.8 Å². The number of hydrogen-bond acceptors (Lipinski definition) is 5. The molecule has 1 aliphatic rings. The van der Waals surface area contributed by atoms with E-state index in [4.69, 9.17) is 18.6 Å². The van der Waals surface area contributed by atoms with Crippen molar-refractivity contribution in [2.45, 2.75) is 19.6 Å². The average Bonchev–Trinajstić information content (AvgIpc) is 3.08. The van der Waals surface area contributed by atoms with Gasteiger partial charge in [0.15, 0.2) is 17.3 Å². The SMILES string of the molecule is COCc1ccc(C(=O)N2CCc3cc(OC)c(OC)cc3C2)o1. The highest BCUT2D eigenvalue weighted by Gasteiger charge is 2.25. The Morgan fingerprint density at radius 1 is 1.12 bits per heavy atom. The molecule has 2 heterocycles. The molecule has 0 saturated carbocycles. The Bertz CT molecular complexity index is 737. The highest BCUT2D eigenvalue weighted by atomic mass is 16.5. The van der Waals surface area contributed by atoms with Gasteiger partial charge in [-0.25, -0.2) is 0 Å². The third-order valence-corrected chi connectivity index (χ3v) is 4.16. The van der Waals surface area contributed by atoms with Crippen LogP contribution in [0.1, 0.15) is 27.4 Å². The lowest BCUT2D eigenvalue weighted by atomic mass is 9.98. The predicted molar refractivity (Wildman–Crippen MR) is 87.4 cm³/mol. The van der Waals surface area contributed by atoms with E-state index in [2.05, 4.69) is 0 Å². The van der Waals surface area contributed by atoms with E-state index in [1.165, 1.54) is 5.56 Å². The van der Waals surface area contributed by atoms with Gasteiger partial charge < -0.3 is 23.5 Å².